The van der Waals surface area contributed by atoms with E-state index in [-0.39, 0.29) is 11.6 Å². The van der Waals surface area contributed by atoms with Gasteiger partial charge in [0.1, 0.15) is 11.5 Å². The van der Waals surface area contributed by atoms with Crippen molar-refractivity contribution in [2.75, 3.05) is 17.7 Å². The highest BCUT2D eigenvalue weighted by Gasteiger charge is 2.08. The molecule has 0 bridgehead atoms. The minimum Gasteiger partial charge on any atom is -0.372 e. The Labute approximate surface area is 113 Å². The molecule has 1 aromatic heterocycles. The molecule has 0 spiro atoms. The Morgan fingerprint density at radius 3 is 2.72 bits per heavy atom. The molecule has 1 amide bonds. The molecule has 5 nitrogen and oxygen atoms in total. The monoisotopic (exact) mass is 306 g/mol. The average Bonchev–Trinajstić information content (AvgIpc) is 2.39. The summed E-state index contributed by atoms with van der Waals surface area (Å²) in [5.41, 5.74) is 0.975. The lowest BCUT2D eigenvalue weighted by Crippen LogP contribution is -2.14. The van der Waals surface area contributed by atoms with Gasteiger partial charge < -0.3 is 10.6 Å². The predicted molar refractivity (Wildman–Crippen MR) is 73.7 cm³/mol. The zero-order valence-electron chi connectivity index (χ0n) is 9.64. The molecule has 1 aromatic carbocycles. The zero-order chi connectivity index (χ0) is 13.0. The van der Waals surface area contributed by atoms with Crippen LogP contribution in [0.2, 0.25) is 0 Å². The number of anilines is 2. The van der Waals surface area contributed by atoms with Crippen LogP contribution in [0.3, 0.4) is 0 Å². The van der Waals surface area contributed by atoms with Crippen molar-refractivity contribution in [1.82, 2.24) is 9.97 Å². The second-order valence-corrected chi connectivity index (χ2v) is 4.42. The molecular formula is C12H11BrN4O. The van der Waals surface area contributed by atoms with E-state index in [0.29, 0.717) is 11.5 Å². The van der Waals surface area contributed by atoms with E-state index in [1.165, 1.54) is 12.4 Å². The summed E-state index contributed by atoms with van der Waals surface area (Å²) in [7, 11) is 1.74. The standard InChI is InChI=1S/C12H11BrN4O/c1-14-11-7-15-10(6-16-11)12(18)17-9-4-2-3-8(13)5-9/h2-7H,1H3,(H,14,16)(H,17,18). The number of nitrogens with zero attached hydrogens (tertiary/aromatic N) is 2. The number of amides is 1. The van der Waals surface area contributed by atoms with E-state index < -0.39 is 0 Å². The quantitative estimate of drug-likeness (QED) is 0.914. The van der Waals surface area contributed by atoms with E-state index in [1.54, 1.807) is 13.1 Å². The van der Waals surface area contributed by atoms with E-state index in [2.05, 4.69) is 36.5 Å². The van der Waals surface area contributed by atoms with Gasteiger partial charge in [0.15, 0.2) is 0 Å². The van der Waals surface area contributed by atoms with Crippen LogP contribution < -0.4 is 10.6 Å². The summed E-state index contributed by atoms with van der Waals surface area (Å²) in [6, 6.07) is 7.35. The first-order valence-corrected chi connectivity index (χ1v) is 6.05. The first-order valence-electron chi connectivity index (χ1n) is 5.26. The van der Waals surface area contributed by atoms with Crippen molar-refractivity contribution >= 4 is 33.3 Å². The number of hydrogen-bond acceptors (Lipinski definition) is 4. The third kappa shape index (κ3) is 3.04. The second kappa shape index (κ2) is 5.59. The molecule has 0 saturated carbocycles. The number of hydrogen-bond donors (Lipinski definition) is 2. The first-order chi connectivity index (χ1) is 8.69. The molecule has 0 aliphatic heterocycles. The third-order valence-electron chi connectivity index (χ3n) is 2.22. The van der Waals surface area contributed by atoms with Gasteiger partial charge in [0.25, 0.3) is 5.91 Å². The van der Waals surface area contributed by atoms with Gasteiger partial charge in [0.2, 0.25) is 0 Å². The van der Waals surface area contributed by atoms with Gasteiger partial charge in [-0.2, -0.15) is 0 Å². The summed E-state index contributed by atoms with van der Waals surface area (Å²) >= 11 is 3.34. The average molecular weight is 307 g/mol. The summed E-state index contributed by atoms with van der Waals surface area (Å²) in [6.45, 7) is 0. The predicted octanol–water partition coefficient (Wildman–Crippen LogP) is 2.53. The summed E-state index contributed by atoms with van der Waals surface area (Å²) in [4.78, 5) is 19.9. The Hall–Kier alpha value is -1.95. The van der Waals surface area contributed by atoms with Gasteiger partial charge >= 0.3 is 0 Å². The Balaban J connectivity index is 2.11. The summed E-state index contributed by atoms with van der Waals surface area (Å²) in [6.07, 6.45) is 2.94. The number of nitrogens with one attached hydrogen (secondary N) is 2. The van der Waals surface area contributed by atoms with Crippen LogP contribution in [0.15, 0.2) is 41.1 Å². The van der Waals surface area contributed by atoms with Crippen molar-refractivity contribution in [2.24, 2.45) is 0 Å². The van der Waals surface area contributed by atoms with E-state index in [1.807, 2.05) is 18.2 Å². The Morgan fingerprint density at radius 2 is 2.11 bits per heavy atom. The summed E-state index contributed by atoms with van der Waals surface area (Å²) < 4.78 is 0.900. The highest BCUT2D eigenvalue weighted by atomic mass is 79.9. The molecule has 1 heterocycles. The van der Waals surface area contributed by atoms with Crippen LogP contribution in [0, 0.1) is 0 Å². The second-order valence-electron chi connectivity index (χ2n) is 3.50. The molecule has 6 heteroatoms. The van der Waals surface area contributed by atoms with Crippen molar-refractivity contribution in [1.29, 1.82) is 0 Å². The molecule has 0 saturated heterocycles. The number of halogens is 1. The lowest BCUT2D eigenvalue weighted by atomic mass is 10.3. The van der Waals surface area contributed by atoms with E-state index in [4.69, 9.17) is 0 Å². The van der Waals surface area contributed by atoms with Crippen molar-refractivity contribution < 1.29 is 4.79 Å². The molecule has 0 atom stereocenters. The van der Waals surface area contributed by atoms with Gasteiger partial charge in [-0.05, 0) is 18.2 Å². The molecule has 18 heavy (non-hydrogen) atoms. The number of aromatic nitrogens is 2. The summed E-state index contributed by atoms with van der Waals surface area (Å²) in [5.74, 6) is 0.331. The lowest BCUT2D eigenvalue weighted by Gasteiger charge is -2.05. The molecular weight excluding hydrogens is 296 g/mol. The van der Waals surface area contributed by atoms with Crippen LogP contribution in [-0.4, -0.2) is 22.9 Å². The number of benzene rings is 1. The van der Waals surface area contributed by atoms with Crippen LogP contribution in [-0.2, 0) is 0 Å². The topological polar surface area (TPSA) is 66.9 Å². The molecule has 92 valence electrons. The molecule has 0 unspecified atom stereocenters. The van der Waals surface area contributed by atoms with Crippen LogP contribution in [0.25, 0.3) is 0 Å². The first kappa shape index (κ1) is 12.5. The molecule has 0 aliphatic rings. The Bertz CT molecular complexity index is 556. The molecule has 0 radical (unpaired) electrons. The minimum absolute atomic E-state index is 0.272. The SMILES string of the molecule is CNc1cnc(C(=O)Nc2cccc(Br)c2)cn1. The zero-order valence-corrected chi connectivity index (χ0v) is 11.2. The van der Waals surface area contributed by atoms with Crippen LogP contribution in [0.4, 0.5) is 11.5 Å². The highest BCUT2D eigenvalue weighted by molar-refractivity contribution is 9.10. The van der Waals surface area contributed by atoms with Gasteiger partial charge in [-0.1, -0.05) is 22.0 Å². The van der Waals surface area contributed by atoms with Crippen molar-refractivity contribution in [2.45, 2.75) is 0 Å². The highest BCUT2D eigenvalue weighted by Crippen LogP contribution is 2.16. The Kier molecular flexibility index (Phi) is 3.88. The largest absolute Gasteiger partial charge is 0.372 e. The van der Waals surface area contributed by atoms with Gasteiger partial charge in [0, 0.05) is 17.2 Å². The number of carbonyl (C=O) groups excluding carboxylic acids is 1. The van der Waals surface area contributed by atoms with Gasteiger partial charge in [-0.3, -0.25) is 4.79 Å². The summed E-state index contributed by atoms with van der Waals surface area (Å²) in [5, 5.41) is 5.58. The van der Waals surface area contributed by atoms with Crippen molar-refractivity contribution in [3.63, 3.8) is 0 Å². The number of carbonyl (C=O) groups is 1. The fourth-order valence-corrected chi connectivity index (χ4v) is 1.73. The molecule has 0 aliphatic carbocycles. The van der Waals surface area contributed by atoms with Crippen LogP contribution >= 0.6 is 15.9 Å². The van der Waals surface area contributed by atoms with Crippen molar-refractivity contribution in [3.8, 4) is 0 Å². The maximum absolute atomic E-state index is 11.9. The third-order valence-corrected chi connectivity index (χ3v) is 2.72. The van der Waals surface area contributed by atoms with Gasteiger partial charge in [-0.25, -0.2) is 9.97 Å². The molecule has 2 rings (SSSR count). The van der Waals surface area contributed by atoms with Crippen molar-refractivity contribution in [3.05, 3.63) is 46.8 Å². The molecule has 2 aromatic rings. The van der Waals surface area contributed by atoms with Crippen LogP contribution in [0.5, 0.6) is 0 Å². The van der Waals surface area contributed by atoms with Crippen LogP contribution in [0.1, 0.15) is 10.5 Å². The fourth-order valence-electron chi connectivity index (χ4n) is 1.34. The normalized spacial score (nSPS) is 9.89. The number of rotatable bonds is 3. The maximum atomic E-state index is 11.9. The fraction of sp³-hybridized carbons (Fsp3) is 0.0833. The van der Waals surface area contributed by atoms with E-state index in [0.717, 1.165) is 4.47 Å². The maximum Gasteiger partial charge on any atom is 0.275 e. The molecule has 0 fully saturated rings. The van der Waals surface area contributed by atoms with Gasteiger partial charge in [-0.15, -0.1) is 0 Å². The Morgan fingerprint density at radius 1 is 1.28 bits per heavy atom. The van der Waals surface area contributed by atoms with Gasteiger partial charge in [0.05, 0.1) is 12.4 Å². The lowest BCUT2D eigenvalue weighted by molar-refractivity contribution is 0.102. The van der Waals surface area contributed by atoms with E-state index >= 15 is 0 Å². The minimum atomic E-state index is -0.289. The molecule has 2 N–H and O–H groups in total. The van der Waals surface area contributed by atoms with E-state index in [9.17, 15) is 4.79 Å². The smallest absolute Gasteiger partial charge is 0.275 e.